The van der Waals surface area contributed by atoms with Crippen LogP contribution in [0, 0.1) is 0 Å². The van der Waals surface area contributed by atoms with Crippen LogP contribution in [0.2, 0.25) is 0 Å². The van der Waals surface area contributed by atoms with Crippen LogP contribution >= 0.6 is 24.0 Å². The predicted octanol–water partition coefficient (Wildman–Crippen LogP) is 3.12. The second-order valence-electron chi connectivity index (χ2n) is 7.06. The Kier molecular flexibility index (Phi) is 12.7. The van der Waals surface area contributed by atoms with Crippen molar-refractivity contribution in [2.45, 2.75) is 33.2 Å². The lowest BCUT2D eigenvalue weighted by atomic mass is 10.2. The molecule has 0 unspecified atom stereocenters. The summed E-state index contributed by atoms with van der Waals surface area (Å²) in [6, 6.07) is 10.6. The van der Waals surface area contributed by atoms with E-state index >= 15 is 0 Å². The van der Waals surface area contributed by atoms with Gasteiger partial charge in [0.25, 0.3) is 0 Å². The highest BCUT2D eigenvalue weighted by Gasteiger charge is 2.14. The van der Waals surface area contributed by atoms with Crippen LogP contribution in [0.5, 0.6) is 0 Å². The molecule has 1 N–H and O–H groups in total. The first kappa shape index (κ1) is 24.2. The average molecular weight is 487 g/mol. The van der Waals surface area contributed by atoms with Gasteiger partial charge in [-0.05, 0) is 38.4 Å². The maximum Gasteiger partial charge on any atom is 0.193 e. The fraction of sp³-hybridized carbons (Fsp3) is 0.667. The molecule has 5 nitrogen and oxygen atoms in total. The molecule has 2 rings (SSSR count). The lowest BCUT2D eigenvalue weighted by molar-refractivity contribution is 0.136. The van der Waals surface area contributed by atoms with E-state index < -0.39 is 0 Å². The number of piperazine rings is 1. The Morgan fingerprint density at radius 1 is 1.04 bits per heavy atom. The van der Waals surface area contributed by atoms with Gasteiger partial charge in [-0.3, -0.25) is 4.99 Å². The molecule has 1 fully saturated rings. The van der Waals surface area contributed by atoms with Gasteiger partial charge >= 0.3 is 0 Å². The van der Waals surface area contributed by atoms with Gasteiger partial charge in [-0.1, -0.05) is 37.3 Å². The lowest BCUT2D eigenvalue weighted by Crippen LogP contribution is -2.46. The van der Waals surface area contributed by atoms with Crippen LogP contribution < -0.4 is 5.32 Å². The fourth-order valence-corrected chi connectivity index (χ4v) is 3.36. The minimum absolute atomic E-state index is 0. The molecule has 1 saturated heterocycles. The highest BCUT2D eigenvalue weighted by atomic mass is 127. The monoisotopic (exact) mass is 487 g/mol. The van der Waals surface area contributed by atoms with Gasteiger partial charge in [0.2, 0.25) is 0 Å². The summed E-state index contributed by atoms with van der Waals surface area (Å²) in [5, 5.41) is 3.41. The topological polar surface area (TPSA) is 34.1 Å². The number of unbranched alkanes of at least 4 members (excludes halogenated alkanes) is 1. The largest absolute Gasteiger partial charge is 0.357 e. The summed E-state index contributed by atoms with van der Waals surface area (Å²) < 4.78 is 0. The second-order valence-corrected chi connectivity index (χ2v) is 7.06. The van der Waals surface area contributed by atoms with Gasteiger partial charge in [0.05, 0.1) is 0 Å². The molecular weight excluding hydrogens is 449 g/mol. The fourth-order valence-electron chi connectivity index (χ4n) is 3.36. The number of hydrogen-bond acceptors (Lipinski definition) is 3. The van der Waals surface area contributed by atoms with Crippen molar-refractivity contribution in [3.63, 3.8) is 0 Å². The number of nitrogens with zero attached hydrogens (tertiary/aromatic N) is 4. The molecule has 6 heteroatoms. The quantitative estimate of drug-likeness (QED) is 0.251. The molecule has 1 aliphatic rings. The minimum atomic E-state index is 0. The normalized spacial score (nSPS) is 16.0. The van der Waals surface area contributed by atoms with Gasteiger partial charge in [-0.2, -0.15) is 0 Å². The summed E-state index contributed by atoms with van der Waals surface area (Å²) in [5.74, 6) is 1.01. The third-order valence-corrected chi connectivity index (χ3v) is 5.02. The first-order chi connectivity index (χ1) is 12.7. The van der Waals surface area contributed by atoms with E-state index in [1.54, 1.807) is 0 Å². The van der Waals surface area contributed by atoms with Crippen molar-refractivity contribution < 1.29 is 0 Å². The van der Waals surface area contributed by atoms with Gasteiger partial charge in [-0.15, -0.1) is 24.0 Å². The number of benzene rings is 1. The number of aliphatic imine (C=N–C) groups is 1. The molecule has 0 aliphatic carbocycles. The third-order valence-electron chi connectivity index (χ3n) is 5.02. The van der Waals surface area contributed by atoms with Gasteiger partial charge in [0, 0.05) is 52.9 Å². The summed E-state index contributed by atoms with van der Waals surface area (Å²) in [6.07, 6.45) is 2.39. The molecule has 1 aromatic carbocycles. The van der Waals surface area contributed by atoms with E-state index in [0.717, 1.165) is 32.0 Å². The molecule has 154 valence electrons. The van der Waals surface area contributed by atoms with E-state index in [1.165, 1.54) is 51.3 Å². The number of nitrogens with one attached hydrogen (secondary N) is 1. The molecule has 0 saturated carbocycles. The van der Waals surface area contributed by atoms with Crippen molar-refractivity contribution in [3.8, 4) is 0 Å². The molecule has 1 heterocycles. The van der Waals surface area contributed by atoms with E-state index in [4.69, 9.17) is 4.99 Å². The van der Waals surface area contributed by atoms with Crippen molar-refractivity contribution in [3.05, 3.63) is 35.9 Å². The molecule has 1 aliphatic heterocycles. The molecule has 0 amide bonds. The number of hydrogen-bond donors (Lipinski definition) is 1. The van der Waals surface area contributed by atoms with E-state index in [2.05, 4.69) is 71.2 Å². The third kappa shape index (κ3) is 9.25. The molecule has 27 heavy (non-hydrogen) atoms. The SMILES string of the molecule is CCNC(=NCCCCN1CCN(CC)CC1)N(C)Cc1ccccc1.I. The summed E-state index contributed by atoms with van der Waals surface area (Å²) >= 11 is 0. The number of likely N-dealkylation sites (N-methyl/N-ethyl adjacent to an activating group) is 1. The second kappa shape index (κ2) is 14.2. The molecule has 0 aromatic heterocycles. The zero-order chi connectivity index (χ0) is 18.6. The number of guanidine groups is 1. The molecule has 1 aromatic rings. The Morgan fingerprint density at radius 2 is 1.70 bits per heavy atom. The van der Waals surface area contributed by atoms with Crippen LogP contribution in [0.25, 0.3) is 0 Å². The minimum Gasteiger partial charge on any atom is -0.357 e. The Labute approximate surface area is 183 Å². The average Bonchev–Trinajstić information content (AvgIpc) is 2.68. The Hall–Kier alpha value is -0.860. The van der Waals surface area contributed by atoms with Crippen LogP contribution in [0.3, 0.4) is 0 Å². The molecule has 0 atom stereocenters. The standard InChI is InChI=1S/C21H37N5.HI/c1-4-22-21(24(3)19-20-11-7-6-8-12-20)23-13-9-10-14-26-17-15-25(5-2)16-18-26;/h6-8,11-12H,4-5,9-10,13-19H2,1-3H3,(H,22,23);1H. The van der Waals surface area contributed by atoms with Gasteiger partial charge in [0.15, 0.2) is 5.96 Å². The molecule has 0 radical (unpaired) electrons. The van der Waals surface area contributed by atoms with Gasteiger partial charge in [0.1, 0.15) is 0 Å². The van der Waals surface area contributed by atoms with Crippen LogP contribution in [0.1, 0.15) is 32.3 Å². The summed E-state index contributed by atoms with van der Waals surface area (Å²) in [6.45, 7) is 14.4. The van der Waals surface area contributed by atoms with Crippen LogP contribution in [-0.4, -0.2) is 80.1 Å². The number of halogens is 1. The Balaban J connectivity index is 0.00000364. The van der Waals surface area contributed by atoms with Gasteiger partial charge in [-0.25, -0.2) is 0 Å². The van der Waals surface area contributed by atoms with Crippen molar-refractivity contribution >= 4 is 29.9 Å². The van der Waals surface area contributed by atoms with Crippen molar-refractivity contribution in [1.82, 2.24) is 20.0 Å². The van der Waals surface area contributed by atoms with Crippen molar-refractivity contribution in [2.75, 3.05) is 59.4 Å². The predicted molar refractivity (Wildman–Crippen MR) is 127 cm³/mol. The van der Waals surface area contributed by atoms with E-state index in [9.17, 15) is 0 Å². The van der Waals surface area contributed by atoms with Crippen molar-refractivity contribution in [2.24, 2.45) is 4.99 Å². The zero-order valence-corrected chi connectivity index (χ0v) is 19.7. The summed E-state index contributed by atoms with van der Waals surface area (Å²) in [5.41, 5.74) is 1.31. The maximum absolute atomic E-state index is 4.82. The summed E-state index contributed by atoms with van der Waals surface area (Å²) in [4.78, 5) is 12.2. The van der Waals surface area contributed by atoms with E-state index in [-0.39, 0.29) is 24.0 Å². The summed E-state index contributed by atoms with van der Waals surface area (Å²) in [7, 11) is 2.11. The first-order valence-corrected chi connectivity index (χ1v) is 10.2. The van der Waals surface area contributed by atoms with Crippen LogP contribution in [0.4, 0.5) is 0 Å². The molecule has 0 bridgehead atoms. The van der Waals surface area contributed by atoms with Crippen LogP contribution in [-0.2, 0) is 6.54 Å². The zero-order valence-electron chi connectivity index (χ0n) is 17.4. The number of rotatable bonds is 9. The van der Waals surface area contributed by atoms with Crippen molar-refractivity contribution in [1.29, 1.82) is 0 Å². The lowest BCUT2D eigenvalue weighted by Gasteiger charge is -2.33. The highest BCUT2D eigenvalue weighted by Crippen LogP contribution is 2.05. The maximum atomic E-state index is 4.82. The van der Waals surface area contributed by atoms with E-state index in [0.29, 0.717) is 0 Å². The van der Waals surface area contributed by atoms with E-state index in [1.807, 2.05) is 0 Å². The Bertz CT molecular complexity index is 515. The highest BCUT2D eigenvalue weighted by molar-refractivity contribution is 14.0. The smallest absolute Gasteiger partial charge is 0.193 e. The Morgan fingerprint density at radius 3 is 2.33 bits per heavy atom. The first-order valence-electron chi connectivity index (χ1n) is 10.2. The van der Waals surface area contributed by atoms with Gasteiger partial charge < -0.3 is 20.0 Å². The molecule has 0 spiro atoms. The van der Waals surface area contributed by atoms with Crippen LogP contribution in [0.15, 0.2) is 35.3 Å². The molecular formula is C21H38IN5.